The van der Waals surface area contributed by atoms with Gasteiger partial charge < -0.3 is 10.6 Å². The van der Waals surface area contributed by atoms with Crippen LogP contribution >= 0.6 is 0 Å². The molecule has 0 aliphatic heterocycles. The van der Waals surface area contributed by atoms with Crippen LogP contribution in [-0.4, -0.2) is 23.5 Å². The molecule has 0 radical (unpaired) electrons. The molecule has 2 N–H and O–H groups in total. The van der Waals surface area contributed by atoms with Gasteiger partial charge in [0.1, 0.15) is 5.69 Å². The summed E-state index contributed by atoms with van der Waals surface area (Å²) in [5.41, 5.74) is 1.49. The van der Waals surface area contributed by atoms with Crippen molar-refractivity contribution in [1.29, 1.82) is 0 Å². The maximum Gasteiger partial charge on any atom is 0.269 e. The van der Waals surface area contributed by atoms with Crippen molar-refractivity contribution in [3.63, 3.8) is 0 Å². The highest BCUT2D eigenvalue weighted by molar-refractivity contribution is 5.92. The first-order chi connectivity index (χ1) is 8.29. The molecule has 0 saturated heterocycles. The van der Waals surface area contributed by atoms with Gasteiger partial charge in [-0.2, -0.15) is 0 Å². The second-order valence-corrected chi connectivity index (χ2v) is 4.46. The van der Waals surface area contributed by atoms with E-state index in [0.717, 1.165) is 25.1 Å². The molecule has 2 rings (SSSR count). The number of hydrogen-bond acceptors (Lipinski definition) is 3. The number of nitrogens with zero attached hydrogens (tertiary/aromatic N) is 1. The van der Waals surface area contributed by atoms with Gasteiger partial charge in [0, 0.05) is 12.6 Å². The summed E-state index contributed by atoms with van der Waals surface area (Å²) in [5.74, 6) is -0.0866. The first-order valence-electron chi connectivity index (χ1n) is 6.30. The van der Waals surface area contributed by atoms with E-state index in [1.165, 1.54) is 12.8 Å². The summed E-state index contributed by atoms with van der Waals surface area (Å²) in [7, 11) is 0. The first-order valence-corrected chi connectivity index (χ1v) is 6.30. The van der Waals surface area contributed by atoms with Crippen LogP contribution in [0, 0.1) is 0 Å². The summed E-state index contributed by atoms with van der Waals surface area (Å²) in [4.78, 5) is 15.8. The van der Waals surface area contributed by atoms with Crippen LogP contribution in [0.4, 0.5) is 5.69 Å². The number of anilines is 1. The Bertz CT molecular complexity index is 371. The molecular weight excluding hydrogens is 214 g/mol. The second-order valence-electron chi connectivity index (χ2n) is 4.46. The SMILES string of the molecule is CCCCNC(=O)c1ccc(NC2CC2)cn1. The minimum atomic E-state index is -0.0866. The maximum atomic E-state index is 11.7. The van der Waals surface area contributed by atoms with E-state index in [1.807, 2.05) is 6.07 Å². The number of hydrogen-bond donors (Lipinski definition) is 2. The predicted octanol–water partition coefficient (Wildman–Crippen LogP) is 2.19. The van der Waals surface area contributed by atoms with Crippen molar-refractivity contribution >= 4 is 11.6 Å². The molecule has 1 heterocycles. The normalized spacial score (nSPS) is 14.4. The van der Waals surface area contributed by atoms with Gasteiger partial charge in [-0.15, -0.1) is 0 Å². The van der Waals surface area contributed by atoms with Crippen LogP contribution in [0.25, 0.3) is 0 Å². The summed E-state index contributed by atoms with van der Waals surface area (Å²) in [6, 6.07) is 4.30. The summed E-state index contributed by atoms with van der Waals surface area (Å²) < 4.78 is 0. The van der Waals surface area contributed by atoms with Gasteiger partial charge in [0.05, 0.1) is 11.9 Å². The lowest BCUT2D eigenvalue weighted by molar-refractivity contribution is 0.0948. The molecule has 92 valence electrons. The van der Waals surface area contributed by atoms with E-state index in [0.29, 0.717) is 11.7 Å². The van der Waals surface area contributed by atoms with Crippen LogP contribution in [-0.2, 0) is 0 Å². The Morgan fingerprint density at radius 3 is 2.88 bits per heavy atom. The van der Waals surface area contributed by atoms with E-state index in [2.05, 4.69) is 22.5 Å². The smallest absolute Gasteiger partial charge is 0.269 e. The van der Waals surface area contributed by atoms with Crippen LogP contribution in [0.1, 0.15) is 43.1 Å². The minimum Gasteiger partial charge on any atom is -0.381 e. The van der Waals surface area contributed by atoms with E-state index in [1.54, 1.807) is 12.3 Å². The van der Waals surface area contributed by atoms with Crippen molar-refractivity contribution in [1.82, 2.24) is 10.3 Å². The molecule has 1 aliphatic carbocycles. The molecule has 4 nitrogen and oxygen atoms in total. The fraction of sp³-hybridized carbons (Fsp3) is 0.538. The fourth-order valence-corrected chi connectivity index (χ4v) is 1.55. The summed E-state index contributed by atoms with van der Waals surface area (Å²) in [5, 5.41) is 6.19. The fourth-order valence-electron chi connectivity index (χ4n) is 1.55. The third kappa shape index (κ3) is 3.73. The largest absolute Gasteiger partial charge is 0.381 e. The lowest BCUT2D eigenvalue weighted by Crippen LogP contribution is -2.25. The number of amides is 1. The van der Waals surface area contributed by atoms with E-state index >= 15 is 0 Å². The van der Waals surface area contributed by atoms with Gasteiger partial charge >= 0.3 is 0 Å². The van der Waals surface area contributed by atoms with Gasteiger partial charge in [0.2, 0.25) is 0 Å². The van der Waals surface area contributed by atoms with Gasteiger partial charge in [-0.25, -0.2) is 4.98 Å². The van der Waals surface area contributed by atoms with E-state index in [9.17, 15) is 4.79 Å². The van der Waals surface area contributed by atoms with Crippen LogP contribution in [0.2, 0.25) is 0 Å². The van der Waals surface area contributed by atoms with Gasteiger partial charge in [-0.05, 0) is 31.4 Å². The quantitative estimate of drug-likeness (QED) is 0.740. The molecule has 17 heavy (non-hydrogen) atoms. The number of carbonyl (C=O) groups is 1. The van der Waals surface area contributed by atoms with E-state index in [4.69, 9.17) is 0 Å². The zero-order valence-electron chi connectivity index (χ0n) is 10.2. The van der Waals surface area contributed by atoms with Crippen molar-refractivity contribution in [3.05, 3.63) is 24.0 Å². The topological polar surface area (TPSA) is 54.0 Å². The highest BCUT2D eigenvalue weighted by atomic mass is 16.1. The molecule has 0 bridgehead atoms. The third-order valence-electron chi connectivity index (χ3n) is 2.76. The monoisotopic (exact) mass is 233 g/mol. The number of nitrogens with one attached hydrogen (secondary N) is 2. The molecular formula is C13H19N3O. The molecule has 1 saturated carbocycles. The molecule has 0 atom stereocenters. The third-order valence-corrected chi connectivity index (χ3v) is 2.76. The molecule has 1 amide bonds. The van der Waals surface area contributed by atoms with Crippen LogP contribution in [0.3, 0.4) is 0 Å². The van der Waals surface area contributed by atoms with E-state index in [-0.39, 0.29) is 5.91 Å². The number of unbranched alkanes of at least 4 members (excludes halogenated alkanes) is 1. The number of carbonyl (C=O) groups excluding carboxylic acids is 1. The van der Waals surface area contributed by atoms with Gasteiger partial charge in [-0.1, -0.05) is 13.3 Å². The average molecular weight is 233 g/mol. The second kappa shape index (κ2) is 5.66. The molecule has 0 spiro atoms. The lowest BCUT2D eigenvalue weighted by atomic mass is 10.3. The van der Waals surface area contributed by atoms with Crippen LogP contribution in [0.15, 0.2) is 18.3 Å². The molecule has 4 heteroatoms. The summed E-state index contributed by atoms with van der Waals surface area (Å²) >= 11 is 0. The molecule has 0 aromatic carbocycles. The Balaban J connectivity index is 1.85. The molecule has 1 fully saturated rings. The molecule has 0 unspecified atom stereocenters. The molecule has 1 aromatic heterocycles. The van der Waals surface area contributed by atoms with E-state index < -0.39 is 0 Å². The highest BCUT2D eigenvalue weighted by Crippen LogP contribution is 2.24. The Morgan fingerprint density at radius 2 is 2.29 bits per heavy atom. The van der Waals surface area contributed by atoms with Gasteiger partial charge in [-0.3, -0.25) is 4.79 Å². The Labute approximate surface area is 102 Å². The number of aromatic nitrogens is 1. The van der Waals surface area contributed by atoms with Crippen LogP contribution < -0.4 is 10.6 Å². The standard InChI is InChI=1S/C13H19N3O/c1-2-3-8-14-13(17)12-7-6-11(9-15-12)16-10-4-5-10/h6-7,9-10,16H,2-5,8H2,1H3,(H,14,17). The average Bonchev–Trinajstić information content (AvgIpc) is 3.14. The van der Waals surface area contributed by atoms with Crippen molar-refractivity contribution in [2.24, 2.45) is 0 Å². The first kappa shape index (κ1) is 11.9. The number of pyridine rings is 1. The Kier molecular flexibility index (Phi) is 3.96. The molecule has 1 aliphatic rings. The lowest BCUT2D eigenvalue weighted by Gasteiger charge is -2.06. The maximum absolute atomic E-state index is 11.7. The number of rotatable bonds is 6. The zero-order chi connectivity index (χ0) is 12.1. The molecule has 1 aromatic rings. The van der Waals surface area contributed by atoms with Crippen LogP contribution in [0.5, 0.6) is 0 Å². The van der Waals surface area contributed by atoms with Crippen molar-refractivity contribution in [2.75, 3.05) is 11.9 Å². The van der Waals surface area contributed by atoms with Crippen molar-refractivity contribution in [3.8, 4) is 0 Å². The Morgan fingerprint density at radius 1 is 1.47 bits per heavy atom. The predicted molar refractivity (Wildman–Crippen MR) is 68.1 cm³/mol. The summed E-state index contributed by atoms with van der Waals surface area (Å²) in [6.07, 6.45) is 6.29. The minimum absolute atomic E-state index is 0.0866. The highest BCUT2D eigenvalue weighted by Gasteiger charge is 2.20. The zero-order valence-corrected chi connectivity index (χ0v) is 10.2. The van der Waals surface area contributed by atoms with Crippen molar-refractivity contribution in [2.45, 2.75) is 38.6 Å². The van der Waals surface area contributed by atoms with Gasteiger partial charge in [0.15, 0.2) is 0 Å². The van der Waals surface area contributed by atoms with Gasteiger partial charge in [0.25, 0.3) is 5.91 Å². The summed E-state index contributed by atoms with van der Waals surface area (Å²) in [6.45, 7) is 2.82. The van der Waals surface area contributed by atoms with Crippen molar-refractivity contribution < 1.29 is 4.79 Å². The Hall–Kier alpha value is -1.58.